The predicted octanol–water partition coefficient (Wildman–Crippen LogP) is 2.75. The standard InChI is InChI=1S/C17H21NO3/c1-13(2)21-16-9-15(10-18-11-16)17(19,12-20-3)14-7-5-4-6-8-14/h4-11,13,19H,12H2,1-3H3. The summed E-state index contributed by atoms with van der Waals surface area (Å²) in [7, 11) is 1.57. The number of pyridine rings is 1. The van der Waals surface area contributed by atoms with Gasteiger partial charge in [-0.3, -0.25) is 4.98 Å². The summed E-state index contributed by atoms with van der Waals surface area (Å²) in [6, 6.07) is 11.2. The van der Waals surface area contributed by atoms with Gasteiger partial charge in [-0.1, -0.05) is 30.3 Å². The maximum absolute atomic E-state index is 11.1. The molecule has 1 aromatic heterocycles. The van der Waals surface area contributed by atoms with Gasteiger partial charge in [-0.2, -0.15) is 0 Å². The number of benzene rings is 1. The van der Waals surface area contributed by atoms with E-state index in [2.05, 4.69) is 4.98 Å². The highest BCUT2D eigenvalue weighted by molar-refractivity contribution is 5.38. The van der Waals surface area contributed by atoms with Gasteiger partial charge in [-0.05, 0) is 25.5 Å². The van der Waals surface area contributed by atoms with Crippen molar-refractivity contribution in [3.05, 3.63) is 59.9 Å². The lowest BCUT2D eigenvalue weighted by atomic mass is 9.88. The topological polar surface area (TPSA) is 51.6 Å². The van der Waals surface area contributed by atoms with Crippen LogP contribution in [0.3, 0.4) is 0 Å². The molecule has 4 nitrogen and oxygen atoms in total. The molecule has 0 saturated heterocycles. The summed E-state index contributed by atoms with van der Waals surface area (Å²) in [5, 5.41) is 11.1. The van der Waals surface area contributed by atoms with Crippen molar-refractivity contribution in [2.45, 2.75) is 25.6 Å². The van der Waals surface area contributed by atoms with Crippen LogP contribution in [0.1, 0.15) is 25.0 Å². The van der Waals surface area contributed by atoms with Crippen molar-refractivity contribution in [3.63, 3.8) is 0 Å². The first-order valence-electron chi connectivity index (χ1n) is 6.95. The van der Waals surface area contributed by atoms with Gasteiger partial charge < -0.3 is 14.6 Å². The Morgan fingerprint density at radius 1 is 1.14 bits per heavy atom. The minimum absolute atomic E-state index is 0.0503. The lowest BCUT2D eigenvalue weighted by molar-refractivity contribution is -0.00372. The van der Waals surface area contributed by atoms with Crippen molar-refractivity contribution >= 4 is 0 Å². The number of aromatic nitrogens is 1. The minimum Gasteiger partial charge on any atom is -0.489 e. The van der Waals surface area contributed by atoms with E-state index in [0.29, 0.717) is 11.3 Å². The van der Waals surface area contributed by atoms with Crippen molar-refractivity contribution in [1.82, 2.24) is 4.98 Å². The number of hydrogen-bond donors (Lipinski definition) is 1. The van der Waals surface area contributed by atoms with E-state index in [1.807, 2.05) is 44.2 Å². The first-order chi connectivity index (χ1) is 10.1. The van der Waals surface area contributed by atoms with Crippen LogP contribution in [0.4, 0.5) is 0 Å². The van der Waals surface area contributed by atoms with E-state index in [1.165, 1.54) is 0 Å². The van der Waals surface area contributed by atoms with Gasteiger partial charge in [-0.15, -0.1) is 0 Å². The van der Waals surface area contributed by atoms with E-state index in [0.717, 1.165) is 5.56 Å². The van der Waals surface area contributed by atoms with Crippen LogP contribution in [0.2, 0.25) is 0 Å². The molecule has 1 aromatic carbocycles. The lowest BCUT2D eigenvalue weighted by Crippen LogP contribution is -2.32. The zero-order chi connectivity index (χ0) is 15.3. The SMILES string of the molecule is COCC(O)(c1ccccc1)c1cncc(OC(C)C)c1. The predicted molar refractivity (Wildman–Crippen MR) is 81.3 cm³/mol. The summed E-state index contributed by atoms with van der Waals surface area (Å²) in [6.45, 7) is 4.04. The summed E-state index contributed by atoms with van der Waals surface area (Å²) in [5.74, 6) is 0.632. The van der Waals surface area contributed by atoms with E-state index in [-0.39, 0.29) is 12.7 Å². The van der Waals surface area contributed by atoms with E-state index in [4.69, 9.17) is 9.47 Å². The number of rotatable bonds is 6. The van der Waals surface area contributed by atoms with Gasteiger partial charge in [0.15, 0.2) is 0 Å². The van der Waals surface area contributed by atoms with Crippen LogP contribution in [-0.4, -0.2) is 29.9 Å². The zero-order valence-corrected chi connectivity index (χ0v) is 12.6. The Morgan fingerprint density at radius 2 is 1.86 bits per heavy atom. The maximum Gasteiger partial charge on any atom is 0.139 e. The fourth-order valence-corrected chi connectivity index (χ4v) is 2.24. The van der Waals surface area contributed by atoms with Gasteiger partial charge in [-0.25, -0.2) is 0 Å². The highest BCUT2D eigenvalue weighted by Gasteiger charge is 2.32. The normalized spacial score (nSPS) is 14.0. The summed E-state index contributed by atoms with van der Waals surface area (Å²) in [6.07, 6.45) is 3.33. The Bertz CT molecular complexity index is 571. The van der Waals surface area contributed by atoms with Crippen LogP contribution >= 0.6 is 0 Å². The van der Waals surface area contributed by atoms with Crippen LogP contribution in [0.15, 0.2) is 48.8 Å². The van der Waals surface area contributed by atoms with Crippen LogP contribution < -0.4 is 4.74 Å². The van der Waals surface area contributed by atoms with E-state index in [1.54, 1.807) is 25.6 Å². The molecular formula is C17H21NO3. The highest BCUT2D eigenvalue weighted by atomic mass is 16.5. The quantitative estimate of drug-likeness (QED) is 0.887. The third kappa shape index (κ3) is 3.60. The maximum atomic E-state index is 11.1. The molecule has 0 saturated carbocycles. The summed E-state index contributed by atoms with van der Waals surface area (Å²) < 4.78 is 10.9. The minimum atomic E-state index is -1.25. The van der Waals surface area contributed by atoms with Crippen molar-refractivity contribution in [2.24, 2.45) is 0 Å². The van der Waals surface area contributed by atoms with Crippen molar-refractivity contribution in [3.8, 4) is 5.75 Å². The molecule has 0 aliphatic heterocycles. The summed E-state index contributed by atoms with van der Waals surface area (Å²) in [5.41, 5.74) is 0.156. The fourth-order valence-electron chi connectivity index (χ4n) is 2.24. The average Bonchev–Trinajstić information content (AvgIpc) is 2.48. The summed E-state index contributed by atoms with van der Waals surface area (Å²) >= 11 is 0. The molecule has 0 spiro atoms. The fraction of sp³-hybridized carbons (Fsp3) is 0.353. The number of nitrogens with zero attached hydrogens (tertiary/aromatic N) is 1. The van der Waals surface area contributed by atoms with Crippen LogP contribution in [0.25, 0.3) is 0 Å². The number of methoxy groups -OCH3 is 1. The van der Waals surface area contributed by atoms with Crippen LogP contribution in [-0.2, 0) is 10.3 Å². The molecule has 1 heterocycles. The molecule has 1 N–H and O–H groups in total. The second kappa shape index (κ2) is 6.70. The highest BCUT2D eigenvalue weighted by Crippen LogP contribution is 2.31. The van der Waals surface area contributed by atoms with E-state index in [9.17, 15) is 5.11 Å². The molecule has 2 aromatic rings. The first-order valence-corrected chi connectivity index (χ1v) is 6.95. The number of aliphatic hydroxyl groups is 1. The second-order valence-electron chi connectivity index (χ2n) is 5.24. The molecule has 0 aliphatic carbocycles. The smallest absolute Gasteiger partial charge is 0.139 e. The van der Waals surface area contributed by atoms with Crippen molar-refractivity contribution < 1.29 is 14.6 Å². The van der Waals surface area contributed by atoms with Gasteiger partial charge in [0.25, 0.3) is 0 Å². The van der Waals surface area contributed by atoms with Crippen LogP contribution in [0, 0.1) is 0 Å². The van der Waals surface area contributed by atoms with Crippen molar-refractivity contribution in [2.75, 3.05) is 13.7 Å². The van der Waals surface area contributed by atoms with E-state index < -0.39 is 5.60 Å². The Balaban J connectivity index is 2.43. The average molecular weight is 287 g/mol. The molecule has 112 valence electrons. The van der Waals surface area contributed by atoms with Gasteiger partial charge in [0, 0.05) is 18.9 Å². The van der Waals surface area contributed by atoms with Gasteiger partial charge in [0.2, 0.25) is 0 Å². The third-order valence-corrected chi connectivity index (χ3v) is 3.17. The second-order valence-corrected chi connectivity index (χ2v) is 5.24. The lowest BCUT2D eigenvalue weighted by Gasteiger charge is -2.28. The molecule has 2 rings (SSSR count). The largest absolute Gasteiger partial charge is 0.489 e. The Morgan fingerprint density at radius 3 is 2.48 bits per heavy atom. The molecule has 1 unspecified atom stereocenters. The van der Waals surface area contributed by atoms with Gasteiger partial charge >= 0.3 is 0 Å². The molecule has 0 bridgehead atoms. The molecule has 0 amide bonds. The molecule has 4 heteroatoms. The molecule has 0 radical (unpaired) electrons. The van der Waals surface area contributed by atoms with Crippen LogP contribution in [0.5, 0.6) is 5.75 Å². The first kappa shape index (κ1) is 15.5. The Labute approximate surface area is 125 Å². The molecular weight excluding hydrogens is 266 g/mol. The van der Waals surface area contributed by atoms with E-state index >= 15 is 0 Å². The number of ether oxygens (including phenoxy) is 2. The summed E-state index contributed by atoms with van der Waals surface area (Å²) in [4.78, 5) is 4.17. The Kier molecular flexibility index (Phi) is 4.94. The van der Waals surface area contributed by atoms with Gasteiger partial charge in [0.05, 0.1) is 18.9 Å². The zero-order valence-electron chi connectivity index (χ0n) is 12.6. The monoisotopic (exact) mass is 287 g/mol. The van der Waals surface area contributed by atoms with Gasteiger partial charge in [0.1, 0.15) is 11.4 Å². The Hall–Kier alpha value is -1.91. The molecule has 0 fully saturated rings. The molecule has 21 heavy (non-hydrogen) atoms. The molecule has 1 atom stereocenters. The number of hydrogen-bond acceptors (Lipinski definition) is 4. The third-order valence-electron chi connectivity index (χ3n) is 3.17. The van der Waals surface area contributed by atoms with Crippen molar-refractivity contribution in [1.29, 1.82) is 0 Å². The molecule has 0 aliphatic rings.